The van der Waals surface area contributed by atoms with Crippen LogP contribution in [-0.2, 0) is 0 Å². The topological polar surface area (TPSA) is 38.1 Å². The second-order valence-electron chi connectivity index (χ2n) is 2.72. The highest BCUT2D eigenvalue weighted by molar-refractivity contribution is 5.76. The van der Waals surface area contributed by atoms with Crippen LogP contribution in [-0.4, -0.2) is 40.3 Å². The molecule has 0 aliphatic carbocycles. The van der Waals surface area contributed by atoms with Gasteiger partial charge in [0.15, 0.2) is 0 Å². The van der Waals surface area contributed by atoms with Gasteiger partial charge < -0.3 is 4.90 Å². The largest absolute Gasteiger partial charge is 0.406 e. The number of aromatic nitrogens is 2. The van der Waals surface area contributed by atoms with Gasteiger partial charge in [-0.2, -0.15) is 13.2 Å². The number of hydrogen-bond acceptors (Lipinski definition) is 2. The summed E-state index contributed by atoms with van der Waals surface area (Å²) in [7, 11) is 1.08. The van der Waals surface area contributed by atoms with Crippen molar-refractivity contribution in [2.75, 3.05) is 13.6 Å². The van der Waals surface area contributed by atoms with E-state index < -0.39 is 18.8 Å². The van der Waals surface area contributed by atoms with Crippen LogP contribution in [0.25, 0.3) is 0 Å². The Balaban J connectivity index is 2.63. The smallest absolute Gasteiger partial charge is 0.318 e. The lowest BCUT2D eigenvalue weighted by atomic mass is 10.5. The van der Waals surface area contributed by atoms with Crippen LogP contribution in [0.1, 0.15) is 0 Å². The van der Waals surface area contributed by atoms with E-state index in [0.717, 1.165) is 17.9 Å². The van der Waals surface area contributed by atoms with E-state index >= 15 is 0 Å². The first-order chi connectivity index (χ1) is 6.40. The van der Waals surface area contributed by atoms with Gasteiger partial charge >= 0.3 is 12.2 Å². The third-order valence-corrected chi connectivity index (χ3v) is 1.47. The van der Waals surface area contributed by atoms with Crippen molar-refractivity contribution in [1.29, 1.82) is 0 Å². The molecule has 1 amide bonds. The Morgan fingerprint density at radius 3 is 2.64 bits per heavy atom. The van der Waals surface area contributed by atoms with Gasteiger partial charge in [-0.25, -0.2) is 9.78 Å². The molecule has 0 bridgehead atoms. The van der Waals surface area contributed by atoms with Gasteiger partial charge in [-0.3, -0.25) is 4.57 Å². The highest BCUT2D eigenvalue weighted by atomic mass is 19.4. The molecule has 1 heterocycles. The zero-order valence-electron chi connectivity index (χ0n) is 7.32. The van der Waals surface area contributed by atoms with Gasteiger partial charge in [0.05, 0.1) is 0 Å². The lowest BCUT2D eigenvalue weighted by molar-refractivity contribution is -0.137. The molecule has 0 N–H and O–H groups in total. The highest BCUT2D eigenvalue weighted by Crippen LogP contribution is 2.15. The number of hydrogen-bond donors (Lipinski definition) is 0. The number of imidazole rings is 1. The maximum absolute atomic E-state index is 11.9. The Kier molecular flexibility index (Phi) is 2.78. The monoisotopic (exact) mass is 207 g/mol. The van der Waals surface area contributed by atoms with Crippen molar-refractivity contribution >= 4 is 6.03 Å². The zero-order valence-corrected chi connectivity index (χ0v) is 7.32. The first-order valence-electron chi connectivity index (χ1n) is 3.70. The number of halogens is 3. The van der Waals surface area contributed by atoms with Gasteiger partial charge in [0.1, 0.15) is 12.9 Å². The predicted octanol–water partition coefficient (Wildman–Crippen LogP) is 1.35. The Hall–Kier alpha value is -1.53. The molecule has 0 aromatic carbocycles. The van der Waals surface area contributed by atoms with Gasteiger partial charge in [-0.1, -0.05) is 0 Å². The second-order valence-corrected chi connectivity index (χ2v) is 2.72. The summed E-state index contributed by atoms with van der Waals surface area (Å²) in [6, 6.07) is -0.764. The molecule has 0 aliphatic rings. The van der Waals surface area contributed by atoms with E-state index in [1.807, 2.05) is 0 Å². The standard InChI is InChI=1S/C7H8F3N3O/c1-12(4-7(8,9)10)6(14)13-3-2-11-5-13/h2-3,5H,4H2,1H3. The van der Waals surface area contributed by atoms with E-state index in [-0.39, 0.29) is 0 Å². The van der Waals surface area contributed by atoms with E-state index in [9.17, 15) is 18.0 Å². The van der Waals surface area contributed by atoms with Crippen LogP contribution >= 0.6 is 0 Å². The average Bonchev–Trinajstić information content (AvgIpc) is 2.51. The number of rotatable bonds is 1. The summed E-state index contributed by atoms with van der Waals surface area (Å²) < 4.78 is 36.6. The predicted molar refractivity (Wildman–Crippen MR) is 41.7 cm³/mol. The van der Waals surface area contributed by atoms with Crippen LogP contribution in [0.2, 0.25) is 0 Å². The minimum Gasteiger partial charge on any atom is -0.318 e. The van der Waals surface area contributed by atoms with Crippen LogP contribution in [0.3, 0.4) is 0 Å². The molecule has 7 heteroatoms. The normalized spacial score (nSPS) is 11.4. The molecule has 0 saturated carbocycles. The quantitative estimate of drug-likeness (QED) is 0.697. The van der Waals surface area contributed by atoms with Crippen molar-refractivity contribution < 1.29 is 18.0 Å². The van der Waals surface area contributed by atoms with Crippen molar-refractivity contribution in [2.24, 2.45) is 0 Å². The molecule has 0 aliphatic heterocycles. The van der Waals surface area contributed by atoms with Gasteiger partial charge in [0.2, 0.25) is 0 Å². The van der Waals surface area contributed by atoms with Crippen molar-refractivity contribution in [3.8, 4) is 0 Å². The summed E-state index contributed by atoms with van der Waals surface area (Å²) >= 11 is 0. The molecule has 0 spiro atoms. The molecule has 0 fully saturated rings. The molecular formula is C7H8F3N3O. The molecule has 0 radical (unpaired) electrons. The minimum absolute atomic E-state index is 0.571. The molecule has 14 heavy (non-hydrogen) atoms. The molecule has 0 unspecified atom stereocenters. The molecule has 1 aromatic rings. The summed E-state index contributed by atoms with van der Waals surface area (Å²) in [5.41, 5.74) is 0. The summed E-state index contributed by atoms with van der Waals surface area (Å²) in [6.07, 6.45) is -0.630. The summed E-state index contributed by atoms with van der Waals surface area (Å²) in [5.74, 6) is 0. The van der Waals surface area contributed by atoms with E-state index in [2.05, 4.69) is 4.98 Å². The maximum Gasteiger partial charge on any atom is 0.406 e. The molecule has 0 atom stereocenters. The summed E-state index contributed by atoms with van der Waals surface area (Å²) in [5, 5.41) is 0. The first kappa shape index (κ1) is 10.6. The fourth-order valence-electron chi connectivity index (χ4n) is 0.906. The number of nitrogens with zero attached hydrogens (tertiary/aromatic N) is 3. The van der Waals surface area contributed by atoms with Crippen molar-refractivity contribution in [2.45, 2.75) is 6.18 Å². The summed E-state index contributed by atoms with van der Waals surface area (Å²) in [4.78, 5) is 15.4. The lowest BCUT2D eigenvalue weighted by Crippen LogP contribution is -2.37. The number of amides is 1. The number of carbonyl (C=O) groups is 1. The molecule has 1 aromatic heterocycles. The van der Waals surface area contributed by atoms with E-state index in [4.69, 9.17) is 0 Å². The third kappa shape index (κ3) is 2.75. The van der Waals surface area contributed by atoms with Gasteiger partial charge in [0, 0.05) is 19.4 Å². The second kappa shape index (κ2) is 3.69. The maximum atomic E-state index is 11.9. The van der Waals surface area contributed by atoms with Crippen LogP contribution in [0.5, 0.6) is 0 Å². The van der Waals surface area contributed by atoms with E-state index in [0.29, 0.717) is 4.90 Å². The Morgan fingerprint density at radius 1 is 1.57 bits per heavy atom. The summed E-state index contributed by atoms with van der Waals surface area (Å²) in [6.45, 7) is -1.27. The van der Waals surface area contributed by atoms with E-state index in [1.165, 1.54) is 12.4 Å². The van der Waals surface area contributed by atoms with Crippen LogP contribution in [0, 0.1) is 0 Å². The SMILES string of the molecule is CN(CC(F)(F)F)C(=O)n1ccnc1. The van der Waals surface area contributed by atoms with Crippen LogP contribution in [0.15, 0.2) is 18.7 Å². The zero-order chi connectivity index (χ0) is 10.8. The molecule has 1 rings (SSSR count). The number of carbonyl (C=O) groups excluding carboxylic acids is 1. The molecular weight excluding hydrogens is 199 g/mol. The lowest BCUT2D eigenvalue weighted by Gasteiger charge is -2.18. The Bertz CT molecular complexity index is 306. The Labute approximate surface area is 77.9 Å². The number of alkyl halides is 3. The van der Waals surface area contributed by atoms with Crippen molar-refractivity contribution in [1.82, 2.24) is 14.5 Å². The van der Waals surface area contributed by atoms with Crippen LogP contribution in [0.4, 0.5) is 18.0 Å². The third-order valence-electron chi connectivity index (χ3n) is 1.47. The highest BCUT2D eigenvalue weighted by Gasteiger charge is 2.31. The molecule has 78 valence electrons. The average molecular weight is 207 g/mol. The van der Waals surface area contributed by atoms with E-state index in [1.54, 1.807) is 0 Å². The van der Waals surface area contributed by atoms with Crippen LogP contribution < -0.4 is 0 Å². The fourth-order valence-corrected chi connectivity index (χ4v) is 0.906. The van der Waals surface area contributed by atoms with Crippen molar-refractivity contribution in [3.63, 3.8) is 0 Å². The minimum atomic E-state index is -4.38. The van der Waals surface area contributed by atoms with Gasteiger partial charge in [-0.15, -0.1) is 0 Å². The van der Waals surface area contributed by atoms with Crippen molar-refractivity contribution in [3.05, 3.63) is 18.7 Å². The van der Waals surface area contributed by atoms with Gasteiger partial charge in [0.25, 0.3) is 0 Å². The fraction of sp³-hybridized carbons (Fsp3) is 0.429. The Morgan fingerprint density at radius 2 is 2.21 bits per heavy atom. The molecule has 0 saturated heterocycles. The van der Waals surface area contributed by atoms with Gasteiger partial charge in [-0.05, 0) is 0 Å². The molecule has 4 nitrogen and oxygen atoms in total. The first-order valence-corrected chi connectivity index (χ1v) is 3.70.